The Labute approximate surface area is 157 Å². The molecule has 0 aliphatic heterocycles. The van der Waals surface area contributed by atoms with E-state index in [4.69, 9.17) is 0 Å². The Balaban J connectivity index is 1.90. The second kappa shape index (κ2) is 7.13. The number of aliphatic hydroxyl groups is 1. The fraction of sp³-hybridized carbons (Fsp3) is 0.136. The van der Waals surface area contributed by atoms with E-state index in [0.29, 0.717) is 12.0 Å². The molecule has 0 fully saturated rings. The predicted octanol–water partition coefficient (Wildman–Crippen LogP) is 3.82. The lowest BCUT2D eigenvalue weighted by Crippen LogP contribution is -2.04. The largest absolute Gasteiger partial charge is 0.396 e. The lowest BCUT2D eigenvalue weighted by molar-refractivity contribution is 0.101. The summed E-state index contributed by atoms with van der Waals surface area (Å²) in [5.41, 5.74) is 5.33. The molecule has 134 valence electrons. The first-order valence-electron chi connectivity index (χ1n) is 8.81. The van der Waals surface area contributed by atoms with E-state index >= 15 is 0 Å². The number of hydrogen-bond acceptors (Lipinski definition) is 4. The zero-order chi connectivity index (χ0) is 18.8. The number of carbonyl (C=O) groups is 1. The van der Waals surface area contributed by atoms with Crippen molar-refractivity contribution < 1.29 is 9.90 Å². The van der Waals surface area contributed by atoms with E-state index in [0.717, 1.165) is 33.7 Å². The van der Waals surface area contributed by atoms with Crippen molar-refractivity contribution >= 4 is 16.8 Å². The highest BCUT2D eigenvalue weighted by molar-refractivity contribution is 5.97. The van der Waals surface area contributed by atoms with Crippen molar-refractivity contribution in [3.8, 4) is 16.8 Å². The third-order valence-electron chi connectivity index (χ3n) is 4.57. The highest BCUT2D eigenvalue weighted by atomic mass is 16.3. The number of benzene rings is 2. The fourth-order valence-corrected chi connectivity index (χ4v) is 3.26. The molecule has 27 heavy (non-hydrogen) atoms. The van der Waals surface area contributed by atoms with Crippen LogP contribution in [0.5, 0.6) is 0 Å². The molecule has 2 aromatic heterocycles. The van der Waals surface area contributed by atoms with Crippen molar-refractivity contribution in [1.82, 2.24) is 14.5 Å². The van der Waals surface area contributed by atoms with E-state index < -0.39 is 0 Å². The molecule has 0 atom stereocenters. The number of pyridine rings is 1. The van der Waals surface area contributed by atoms with Gasteiger partial charge >= 0.3 is 0 Å². The first-order chi connectivity index (χ1) is 13.2. The summed E-state index contributed by atoms with van der Waals surface area (Å²) in [6.07, 6.45) is 4.02. The second-order valence-electron chi connectivity index (χ2n) is 6.39. The van der Waals surface area contributed by atoms with Crippen LogP contribution < -0.4 is 0 Å². The van der Waals surface area contributed by atoms with Gasteiger partial charge in [-0.2, -0.15) is 0 Å². The number of rotatable bonds is 5. The summed E-state index contributed by atoms with van der Waals surface area (Å²) in [6.45, 7) is 1.55. The minimum Gasteiger partial charge on any atom is -0.396 e. The summed E-state index contributed by atoms with van der Waals surface area (Å²) in [6, 6.07) is 17.6. The van der Waals surface area contributed by atoms with Crippen molar-refractivity contribution in [2.24, 2.45) is 0 Å². The predicted molar refractivity (Wildman–Crippen MR) is 105 cm³/mol. The van der Waals surface area contributed by atoms with E-state index in [-0.39, 0.29) is 12.4 Å². The van der Waals surface area contributed by atoms with Crippen molar-refractivity contribution in [3.63, 3.8) is 0 Å². The number of ketones is 1. The minimum atomic E-state index is 0.00514. The molecule has 5 nitrogen and oxygen atoms in total. The van der Waals surface area contributed by atoms with Crippen LogP contribution in [0.3, 0.4) is 0 Å². The molecule has 1 N–H and O–H groups in total. The van der Waals surface area contributed by atoms with Crippen molar-refractivity contribution in [2.45, 2.75) is 13.3 Å². The minimum absolute atomic E-state index is 0.00514. The molecule has 4 rings (SSSR count). The van der Waals surface area contributed by atoms with Gasteiger partial charge in [0.25, 0.3) is 0 Å². The summed E-state index contributed by atoms with van der Waals surface area (Å²) in [5, 5.41) is 9.48. The molecule has 2 heterocycles. The lowest BCUT2D eigenvalue weighted by Gasteiger charge is -2.11. The third-order valence-corrected chi connectivity index (χ3v) is 4.57. The molecule has 2 aromatic carbocycles. The highest BCUT2D eigenvalue weighted by Gasteiger charge is 2.14. The monoisotopic (exact) mass is 357 g/mol. The number of hydrogen-bond donors (Lipinski definition) is 1. The van der Waals surface area contributed by atoms with Gasteiger partial charge < -0.3 is 5.11 Å². The van der Waals surface area contributed by atoms with Crippen LogP contribution in [-0.4, -0.2) is 32.0 Å². The molecule has 0 aliphatic rings. The van der Waals surface area contributed by atoms with Crippen LogP contribution >= 0.6 is 0 Å². The summed E-state index contributed by atoms with van der Waals surface area (Å²) in [7, 11) is 0. The third kappa shape index (κ3) is 3.25. The number of imidazole rings is 1. The average Bonchev–Trinajstić information content (AvgIpc) is 3.06. The first-order valence-corrected chi connectivity index (χ1v) is 8.81. The van der Waals surface area contributed by atoms with Crippen LogP contribution in [0, 0.1) is 0 Å². The van der Waals surface area contributed by atoms with Crippen molar-refractivity contribution in [1.29, 1.82) is 0 Å². The van der Waals surface area contributed by atoms with Gasteiger partial charge in [0.05, 0.1) is 17.6 Å². The van der Waals surface area contributed by atoms with Crippen LogP contribution in [0.1, 0.15) is 23.1 Å². The summed E-state index contributed by atoms with van der Waals surface area (Å²) in [5.74, 6) is 0.769. The Hall–Kier alpha value is -3.31. The lowest BCUT2D eigenvalue weighted by atomic mass is 10.1. The van der Waals surface area contributed by atoms with Gasteiger partial charge in [-0.05, 0) is 48.9 Å². The average molecular weight is 357 g/mol. The zero-order valence-corrected chi connectivity index (χ0v) is 15.0. The quantitative estimate of drug-likeness (QED) is 0.551. The number of aromatic nitrogens is 3. The van der Waals surface area contributed by atoms with Crippen molar-refractivity contribution in [3.05, 3.63) is 78.4 Å². The summed E-state index contributed by atoms with van der Waals surface area (Å²) >= 11 is 0. The topological polar surface area (TPSA) is 68.0 Å². The molecule has 0 aliphatic carbocycles. The highest BCUT2D eigenvalue weighted by Crippen LogP contribution is 2.27. The Morgan fingerprint density at radius 2 is 1.93 bits per heavy atom. The van der Waals surface area contributed by atoms with Gasteiger partial charge in [-0.25, -0.2) is 4.98 Å². The van der Waals surface area contributed by atoms with Crippen LogP contribution in [0.15, 0.2) is 67.0 Å². The summed E-state index contributed by atoms with van der Waals surface area (Å²) < 4.78 is 2.04. The number of nitrogens with zero attached hydrogens (tertiary/aromatic N) is 3. The smallest absolute Gasteiger partial charge is 0.159 e. The van der Waals surface area contributed by atoms with Gasteiger partial charge in [-0.3, -0.25) is 14.3 Å². The van der Waals surface area contributed by atoms with Crippen LogP contribution in [0.25, 0.3) is 27.8 Å². The van der Waals surface area contributed by atoms with E-state index in [1.807, 2.05) is 53.2 Å². The molecule has 0 unspecified atom stereocenters. The maximum absolute atomic E-state index is 11.7. The van der Waals surface area contributed by atoms with Gasteiger partial charge in [0.2, 0.25) is 0 Å². The van der Waals surface area contributed by atoms with Crippen LogP contribution in [0.2, 0.25) is 0 Å². The Kier molecular flexibility index (Phi) is 4.52. The van der Waals surface area contributed by atoms with Crippen LogP contribution in [-0.2, 0) is 6.42 Å². The van der Waals surface area contributed by atoms with E-state index in [1.54, 1.807) is 19.2 Å². The molecule has 0 spiro atoms. The maximum atomic E-state index is 11.7. The SMILES string of the molecule is CC(=O)c1ccc2c(c1)nc(CCO)n2-c1cccc(-c2cccnc2)c1. The van der Waals surface area contributed by atoms with E-state index in [1.165, 1.54) is 0 Å². The van der Waals surface area contributed by atoms with Gasteiger partial charge in [-0.15, -0.1) is 0 Å². The molecular weight excluding hydrogens is 338 g/mol. The molecule has 0 amide bonds. The number of Topliss-reactive ketones (excluding diaryl/α,β-unsaturated/α-hetero) is 1. The number of carbonyl (C=O) groups excluding carboxylic acids is 1. The maximum Gasteiger partial charge on any atom is 0.159 e. The Morgan fingerprint density at radius 3 is 2.67 bits per heavy atom. The molecule has 0 bridgehead atoms. The van der Waals surface area contributed by atoms with Gasteiger partial charge in [0, 0.05) is 35.6 Å². The molecule has 4 aromatic rings. The number of aliphatic hydroxyl groups excluding tert-OH is 1. The zero-order valence-electron chi connectivity index (χ0n) is 15.0. The normalized spacial score (nSPS) is 11.0. The fourth-order valence-electron chi connectivity index (χ4n) is 3.26. The van der Waals surface area contributed by atoms with Crippen LogP contribution in [0.4, 0.5) is 0 Å². The molecule has 0 saturated heterocycles. The Bertz CT molecular complexity index is 1120. The molecule has 0 saturated carbocycles. The molecule has 0 radical (unpaired) electrons. The Morgan fingerprint density at radius 1 is 1.07 bits per heavy atom. The number of fused-ring (bicyclic) bond motifs is 1. The van der Waals surface area contributed by atoms with Crippen molar-refractivity contribution in [2.75, 3.05) is 6.61 Å². The second-order valence-corrected chi connectivity index (χ2v) is 6.39. The standard InChI is InChI=1S/C22H19N3O2/c1-15(27)16-7-8-21-20(13-16)24-22(9-11-26)25(21)19-6-2-4-17(12-19)18-5-3-10-23-14-18/h2-8,10,12-14,26H,9,11H2,1H3. The first kappa shape index (κ1) is 17.1. The summed E-state index contributed by atoms with van der Waals surface area (Å²) in [4.78, 5) is 20.6. The van der Waals surface area contributed by atoms with Gasteiger partial charge in [-0.1, -0.05) is 18.2 Å². The molecular formula is C22H19N3O2. The van der Waals surface area contributed by atoms with E-state index in [9.17, 15) is 9.90 Å². The molecule has 5 heteroatoms. The van der Waals surface area contributed by atoms with Gasteiger partial charge in [0.15, 0.2) is 5.78 Å². The van der Waals surface area contributed by atoms with Gasteiger partial charge in [0.1, 0.15) is 5.82 Å². The van der Waals surface area contributed by atoms with E-state index in [2.05, 4.69) is 16.0 Å².